The van der Waals surface area contributed by atoms with Crippen molar-refractivity contribution in [3.63, 3.8) is 0 Å². The maximum atomic E-state index is 13.2. The quantitative estimate of drug-likeness (QED) is 0.475. The molecule has 0 saturated heterocycles. The number of fused-ring (bicyclic) bond motifs is 1. The van der Waals surface area contributed by atoms with Crippen LogP contribution >= 0.6 is 0 Å². The van der Waals surface area contributed by atoms with E-state index in [-0.39, 0.29) is 11.7 Å². The molecule has 0 spiro atoms. The van der Waals surface area contributed by atoms with E-state index < -0.39 is 11.7 Å². The molecule has 0 unspecified atom stereocenters. The van der Waals surface area contributed by atoms with E-state index in [1.54, 1.807) is 37.3 Å². The first-order chi connectivity index (χ1) is 14.2. The SMILES string of the molecule is CC(=O)c1ccc(Nc2nccc(-c3c(C)nc4ccc(C(F)(F)F)cn34)n2)cc1. The predicted molar refractivity (Wildman–Crippen MR) is 106 cm³/mol. The molecule has 0 radical (unpaired) electrons. The highest BCUT2D eigenvalue weighted by Crippen LogP contribution is 2.31. The standard InChI is InChI=1S/C21H16F3N5O/c1-12-19(29-11-15(21(22,23)24)5-8-18(29)26-12)17-9-10-25-20(28-17)27-16-6-3-14(4-7-16)13(2)30/h3-11H,1-2H3,(H,25,27,28). The van der Waals surface area contributed by atoms with E-state index in [4.69, 9.17) is 0 Å². The summed E-state index contributed by atoms with van der Waals surface area (Å²) in [6.07, 6.45) is -1.94. The van der Waals surface area contributed by atoms with Crippen LogP contribution in [0.5, 0.6) is 0 Å². The molecular weight excluding hydrogens is 395 g/mol. The zero-order valence-electron chi connectivity index (χ0n) is 16.0. The lowest BCUT2D eigenvalue weighted by Gasteiger charge is -2.10. The van der Waals surface area contributed by atoms with Crippen molar-refractivity contribution in [2.24, 2.45) is 0 Å². The van der Waals surface area contributed by atoms with Gasteiger partial charge in [0.25, 0.3) is 0 Å². The Morgan fingerprint density at radius 1 is 1.03 bits per heavy atom. The number of rotatable bonds is 4. The number of ketones is 1. The molecule has 0 bridgehead atoms. The van der Waals surface area contributed by atoms with Gasteiger partial charge in [-0.05, 0) is 56.3 Å². The number of hydrogen-bond donors (Lipinski definition) is 1. The highest BCUT2D eigenvalue weighted by atomic mass is 19.4. The number of anilines is 2. The van der Waals surface area contributed by atoms with Gasteiger partial charge in [-0.1, -0.05) is 0 Å². The fourth-order valence-electron chi connectivity index (χ4n) is 3.11. The van der Waals surface area contributed by atoms with E-state index >= 15 is 0 Å². The first kappa shape index (κ1) is 19.6. The van der Waals surface area contributed by atoms with Gasteiger partial charge in [-0.2, -0.15) is 13.2 Å². The van der Waals surface area contributed by atoms with Gasteiger partial charge in [0.15, 0.2) is 5.78 Å². The number of carbonyl (C=O) groups is 1. The minimum absolute atomic E-state index is 0.0406. The van der Waals surface area contributed by atoms with E-state index in [0.717, 1.165) is 12.3 Å². The second-order valence-electron chi connectivity index (χ2n) is 6.71. The Kier molecular flexibility index (Phi) is 4.73. The number of Topliss-reactive ketones (excluding diaryl/α,β-unsaturated/α-hetero) is 1. The van der Waals surface area contributed by atoms with Crippen LogP contribution in [0.1, 0.15) is 28.5 Å². The fourth-order valence-corrected chi connectivity index (χ4v) is 3.11. The third kappa shape index (κ3) is 3.73. The molecule has 9 heteroatoms. The molecular formula is C21H16F3N5O. The average molecular weight is 411 g/mol. The molecule has 6 nitrogen and oxygen atoms in total. The Bertz CT molecular complexity index is 1250. The van der Waals surface area contributed by atoms with Crippen LogP contribution in [0.15, 0.2) is 54.9 Å². The Morgan fingerprint density at radius 3 is 2.43 bits per heavy atom. The highest BCUT2D eigenvalue weighted by Gasteiger charge is 2.31. The summed E-state index contributed by atoms with van der Waals surface area (Å²) in [5, 5.41) is 3.03. The van der Waals surface area contributed by atoms with Crippen molar-refractivity contribution in [3.8, 4) is 11.4 Å². The number of imidazole rings is 1. The molecule has 3 heterocycles. The Hall–Kier alpha value is -3.75. The van der Waals surface area contributed by atoms with Crippen LogP contribution in [0.2, 0.25) is 0 Å². The van der Waals surface area contributed by atoms with Crippen molar-refractivity contribution in [1.82, 2.24) is 19.4 Å². The van der Waals surface area contributed by atoms with E-state index in [1.165, 1.54) is 23.6 Å². The molecule has 4 aromatic rings. The molecule has 1 aromatic carbocycles. The van der Waals surface area contributed by atoms with Crippen LogP contribution in [-0.4, -0.2) is 25.1 Å². The van der Waals surface area contributed by atoms with Crippen molar-refractivity contribution in [2.45, 2.75) is 20.0 Å². The van der Waals surface area contributed by atoms with Gasteiger partial charge in [0.05, 0.1) is 22.6 Å². The molecule has 152 valence electrons. The molecule has 0 amide bonds. The molecule has 0 saturated carbocycles. The van der Waals surface area contributed by atoms with E-state index in [2.05, 4.69) is 20.3 Å². The zero-order valence-corrected chi connectivity index (χ0v) is 16.0. The van der Waals surface area contributed by atoms with E-state index in [1.807, 2.05) is 0 Å². The van der Waals surface area contributed by atoms with Crippen molar-refractivity contribution in [3.05, 3.63) is 71.7 Å². The minimum Gasteiger partial charge on any atom is -0.324 e. The van der Waals surface area contributed by atoms with Crippen LogP contribution in [0.4, 0.5) is 24.8 Å². The van der Waals surface area contributed by atoms with Gasteiger partial charge in [0, 0.05) is 23.6 Å². The summed E-state index contributed by atoms with van der Waals surface area (Å²) >= 11 is 0. The molecule has 30 heavy (non-hydrogen) atoms. The summed E-state index contributed by atoms with van der Waals surface area (Å²) in [5.74, 6) is 0.227. The topological polar surface area (TPSA) is 72.2 Å². The highest BCUT2D eigenvalue weighted by molar-refractivity contribution is 5.94. The van der Waals surface area contributed by atoms with Crippen molar-refractivity contribution in [1.29, 1.82) is 0 Å². The van der Waals surface area contributed by atoms with Gasteiger partial charge in [-0.25, -0.2) is 15.0 Å². The fraction of sp³-hybridized carbons (Fsp3) is 0.143. The van der Waals surface area contributed by atoms with Crippen LogP contribution in [0.3, 0.4) is 0 Å². The lowest BCUT2D eigenvalue weighted by Crippen LogP contribution is -2.06. The number of nitrogens with zero attached hydrogens (tertiary/aromatic N) is 4. The van der Waals surface area contributed by atoms with Gasteiger partial charge < -0.3 is 5.32 Å². The number of alkyl halides is 3. The number of nitrogens with one attached hydrogen (secondary N) is 1. The van der Waals surface area contributed by atoms with Crippen LogP contribution < -0.4 is 5.32 Å². The smallest absolute Gasteiger partial charge is 0.324 e. The summed E-state index contributed by atoms with van der Waals surface area (Å²) in [7, 11) is 0. The summed E-state index contributed by atoms with van der Waals surface area (Å²) in [6, 6.07) is 10.8. The van der Waals surface area contributed by atoms with E-state index in [9.17, 15) is 18.0 Å². The van der Waals surface area contributed by atoms with Gasteiger partial charge in [0.1, 0.15) is 5.65 Å². The van der Waals surface area contributed by atoms with Crippen LogP contribution in [-0.2, 0) is 6.18 Å². The number of carbonyl (C=O) groups excluding carboxylic acids is 1. The monoisotopic (exact) mass is 411 g/mol. The number of halogens is 3. The molecule has 0 aliphatic heterocycles. The van der Waals surface area contributed by atoms with Gasteiger partial charge in [0.2, 0.25) is 5.95 Å². The van der Waals surface area contributed by atoms with Crippen molar-refractivity contribution in [2.75, 3.05) is 5.32 Å². The maximum Gasteiger partial charge on any atom is 0.417 e. The average Bonchev–Trinajstić information content (AvgIpc) is 3.03. The minimum atomic E-state index is -4.46. The number of pyridine rings is 1. The molecule has 0 atom stereocenters. The molecule has 0 aliphatic rings. The van der Waals surface area contributed by atoms with Gasteiger partial charge in [-0.15, -0.1) is 0 Å². The van der Waals surface area contributed by atoms with E-state index in [0.29, 0.717) is 34.0 Å². The third-order valence-electron chi connectivity index (χ3n) is 4.57. The zero-order chi connectivity index (χ0) is 21.5. The van der Waals surface area contributed by atoms with Crippen molar-refractivity contribution < 1.29 is 18.0 Å². The molecule has 0 fully saturated rings. The lowest BCUT2D eigenvalue weighted by molar-refractivity contribution is -0.137. The van der Waals surface area contributed by atoms with Gasteiger partial charge in [-0.3, -0.25) is 9.20 Å². The largest absolute Gasteiger partial charge is 0.417 e. The molecule has 1 N–H and O–H groups in total. The number of hydrogen-bond acceptors (Lipinski definition) is 5. The molecule has 0 aliphatic carbocycles. The molecule has 3 aromatic heterocycles. The van der Waals surface area contributed by atoms with Crippen molar-refractivity contribution >= 4 is 23.1 Å². The summed E-state index contributed by atoms with van der Waals surface area (Å²) in [6.45, 7) is 3.20. The maximum absolute atomic E-state index is 13.2. The predicted octanol–water partition coefficient (Wildman–Crippen LogP) is 5.06. The lowest BCUT2D eigenvalue weighted by atomic mass is 10.1. The number of aryl methyl sites for hydroxylation is 1. The summed E-state index contributed by atoms with van der Waals surface area (Å²) < 4.78 is 40.8. The Balaban J connectivity index is 1.72. The third-order valence-corrected chi connectivity index (χ3v) is 4.57. The normalized spacial score (nSPS) is 11.6. The Labute approximate surface area is 169 Å². The van der Waals surface area contributed by atoms with Crippen LogP contribution in [0, 0.1) is 6.92 Å². The first-order valence-corrected chi connectivity index (χ1v) is 9.00. The van der Waals surface area contributed by atoms with Gasteiger partial charge >= 0.3 is 6.18 Å². The number of benzene rings is 1. The summed E-state index contributed by atoms with van der Waals surface area (Å²) in [4.78, 5) is 24.3. The Morgan fingerprint density at radius 2 is 1.77 bits per heavy atom. The summed E-state index contributed by atoms with van der Waals surface area (Å²) in [5.41, 5.74) is 2.30. The van der Waals surface area contributed by atoms with Crippen LogP contribution in [0.25, 0.3) is 17.0 Å². The number of aromatic nitrogens is 4. The second kappa shape index (κ2) is 7.25. The first-order valence-electron chi connectivity index (χ1n) is 9.00. The molecule has 4 rings (SSSR count). The second-order valence-corrected chi connectivity index (χ2v) is 6.71.